The fourth-order valence-corrected chi connectivity index (χ4v) is 2.54. The number of carbonyl (C=O) groups excluding carboxylic acids is 1. The van der Waals surface area contributed by atoms with Gasteiger partial charge in [-0.2, -0.15) is 0 Å². The second-order valence-corrected chi connectivity index (χ2v) is 6.00. The number of nitrogens with zero attached hydrogens (tertiary/aromatic N) is 2. The van der Waals surface area contributed by atoms with E-state index in [1.807, 2.05) is 32.2 Å². The Morgan fingerprint density at radius 3 is 2.76 bits per heavy atom. The van der Waals surface area contributed by atoms with Crippen molar-refractivity contribution >= 4 is 28.2 Å². The number of aromatic nitrogens is 1. The summed E-state index contributed by atoms with van der Waals surface area (Å²) in [5.41, 5.74) is 1.18. The zero-order valence-electron chi connectivity index (χ0n) is 12.3. The molecule has 0 aliphatic heterocycles. The zero-order chi connectivity index (χ0) is 15.1. The summed E-state index contributed by atoms with van der Waals surface area (Å²) in [6.07, 6.45) is 2.63. The summed E-state index contributed by atoms with van der Waals surface area (Å²) < 4.78 is 0. The summed E-state index contributed by atoms with van der Waals surface area (Å²) in [5, 5.41) is 6.19. The van der Waals surface area contributed by atoms with Crippen molar-refractivity contribution in [3.63, 3.8) is 0 Å². The summed E-state index contributed by atoms with van der Waals surface area (Å²) in [6, 6.07) is 9.99. The molecule has 21 heavy (non-hydrogen) atoms. The maximum Gasteiger partial charge on any atom is 0.321 e. The Balaban J connectivity index is 1.64. The lowest BCUT2D eigenvalue weighted by atomic mass is 10.3. The van der Waals surface area contributed by atoms with E-state index in [1.54, 1.807) is 6.20 Å². The molecule has 2 rings (SSSR count). The molecule has 0 unspecified atom stereocenters. The van der Waals surface area contributed by atoms with Crippen LogP contribution in [0.1, 0.15) is 11.3 Å². The first kappa shape index (κ1) is 15.3. The lowest BCUT2D eigenvalue weighted by Gasteiger charge is -2.19. The van der Waals surface area contributed by atoms with Crippen LogP contribution in [0.15, 0.2) is 36.5 Å². The van der Waals surface area contributed by atoms with Gasteiger partial charge in [0.05, 0.1) is 0 Å². The van der Waals surface area contributed by atoms with E-state index in [0.29, 0.717) is 11.7 Å². The monoisotopic (exact) mass is 304 g/mol. The van der Waals surface area contributed by atoms with E-state index < -0.39 is 0 Å². The number of rotatable bonds is 6. The fraction of sp³-hybridized carbons (Fsp3) is 0.333. The van der Waals surface area contributed by atoms with Crippen LogP contribution in [-0.4, -0.2) is 31.2 Å². The van der Waals surface area contributed by atoms with Gasteiger partial charge < -0.3 is 10.2 Å². The third kappa shape index (κ3) is 5.07. The molecule has 0 fully saturated rings. The molecule has 1 aromatic carbocycles. The van der Waals surface area contributed by atoms with Crippen LogP contribution in [-0.2, 0) is 0 Å². The minimum atomic E-state index is -0.202. The molecule has 112 valence electrons. The van der Waals surface area contributed by atoms with Crippen molar-refractivity contribution < 1.29 is 4.79 Å². The van der Waals surface area contributed by atoms with Gasteiger partial charge in [0.1, 0.15) is 0 Å². The molecule has 5 nitrogen and oxygen atoms in total. The third-order valence-corrected chi connectivity index (χ3v) is 3.82. The number of aryl methyl sites for hydroxylation is 1. The van der Waals surface area contributed by atoms with Gasteiger partial charge in [0, 0.05) is 36.9 Å². The van der Waals surface area contributed by atoms with Crippen LogP contribution in [0, 0.1) is 6.92 Å². The zero-order valence-corrected chi connectivity index (χ0v) is 13.1. The van der Waals surface area contributed by atoms with Crippen molar-refractivity contribution in [2.45, 2.75) is 13.3 Å². The number of para-hydroxylation sites is 1. The standard InChI is InChI=1S/C15H20N4OS/c1-12-11-17-15(21-12)18-14(20)16-9-6-10-19(2)13-7-4-3-5-8-13/h3-5,7-8,11H,6,9-10H2,1-2H3,(H2,16,17,18,20). The molecule has 1 aromatic heterocycles. The summed E-state index contributed by atoms with van der Waals surface area (Å²) in [7, 11) is 2.05. The largest absolute Gasteiger partial charge is 0.375 e. The minimum absolute atomic E-state index is 0.202. The second-order valence-electron chi connectivity index (χ2n) is 4.77. The molecule has 0 saturated heterocycles. The van der Waals surface area contributed by atoms with Gasteiger partial charge in [0.15, 0.2) is 5.13 Å². The second kappa shape index (κ2) is 7.64. The summed E-state index contributed by atoms with van der Waals surface area (Å²) in [5.74, 6) is 0. The Labute approximate surface area is 129 Å². The molecule has 0 saturated carbocycles. The quantitative estimate of drug-likeness (QED) is 0.806. The molecule has 0 radical (unpaired) electrons. The van der Waals surface area contributed by atoms with Crippen molar-refractivity contribution in [2.24, 2.45) is 0 Å². The number of thiazole rings is 1. The van der Waals surface area contributed by atoms with Crippen LogP contribution in [0.3, 0.4) is 0 Å². The van der Waals surface area contributed by atoms with Gasteiger partial charge in [-0.05, 0) is 25.5 Å². The van der Waals surface area contributed by atoms with E-state index >= 15 is 0 Å². The molecular formula is C15H20N4OS. The molecule has 0 atom stereocenters. The number of hydrogen-bond donors (Lipinski definition) is 2. The lowest BCUT2D eigenvalue weighted by Crippen LogP contribution is -2.31. The Morgan fingerprint density at radius 1 is 1.33 bits per heavy atom. The Kier molecular flexibility index (Phi) is 5.57. The van der Waals surface area contributed by atoms with Crippen LogP contribution in [0.25, 0.3) is 0 Å². The Hall–Kier alpha value is -2.08. The van der Waals surface area contributed by atoms with E-state index in [9.17, 15) is 4.79 Å². The smallest absolute Gasteiger partial charge is 0.321 e. The molecule has 2 N–H and O–H groups in total. The average molecular weight is 304 g/mol. The third-order valence-electron chi connectivity index (χ3n) is 2.99. The van der Waals surface area contributed by atoms with Gasteiger partial charge in [0.25, 0.3) is 0 Å². The number of hydrogen-bond acceptors (Lipinski definition) is 4. The number of carbonyl (C=O) groups is 1. The van der Waals surface area contributed by atoms with Crippen molar-refractivity contribution in [1.82, 2.24) is 10.3 Å². The Morgan fingerprint density at radius 2 is 2.10 bits per heavy atom. The van der Waals surface area contributed by atoms with E-state index in [1.165, 1.54) is 17.0 Å². The number of nitrogens with one attached hydrogen (secondary N) is 2. The molecule has 0 aliphatic rings. The van der Waals surface area contributed by atoms with Gasteiger partial charge in [0.2, 0.25) is 0 Å². The highest BCUT2D eigenvalue weighted by molar-refractivity contribution is 7.15. The van der Waals surface area contributed by atoms with Crippen molar-refractivity contribution in [3.05, 3.63) is 41.4 Å². The highest BCUT2D eigenvalue weighted by atomic mass is 32.1. The summed E-state index contributed by atoms with van der Waals surface area (Å²) >= 11 is 1.47. The van der Waals surface area contributed by atoms with Crippen molar-refractivity contribution in [3.8, 4) is 0 Å². The molecule has 0 aliphatic carbocycles. The normalized spacial score (nSPS) is 10.2. The van der Waals surface area contributed by atoms with Crippen LogP contribution in [0.5, 0.6) is 0 Å². The number of urea groups is 1. The highest BCUT2D eigenvalue weighted by Gasteiger charge is 2.04. The van der Waals surface area contributed by atoms with E-state index in [-0.39, 0.29) is 6.03 Å². The average Bonchev–Trinajstić information content (AvgIpc) is 2.89. The molecular weight excluding hydrogens is 284 g/mol. The molecule has 0 bridgehead atoms. The van der Waals surface area contributed by atoms with Crippen LogP contribution in [0.2, 0.25) is 0 Å². The van der Waals surface area contributed by atoms with Crippen molar-refractivity contribution in [1.29, 1.82) is 0 Å². The highest BCUT2D eigenvalue weighted by Crippen LogP contribution is 2.16. The number of benzene rings is 1. The molecule has 0 spiro atoms. The number of anilines is 2. The van der Waals surface area contributed by atoms with Gasteiger partial charge >= 0.3 is 6.03 Å². The van der Waals surface area contributed by atoms with Crippen molar-refractivity contribution in [2.75, 3.05) is 30.4 Å². The van der Waals surface area contributed by atoms with Gasteiger partial charge in [-0.25, -0.2) is 9.78 Å². The van der Waals surface area contributed by atoms with Crippen LogP contribution in [0.4, 0.5) is 15.6 Å². The van der Waals surface area contributed by atoms with E-state index in [0.717, 1.165) is 17.8 Å². The first-order valence-corrected chi connectivity index (χ1v) is 7.70. The van der Waals surface area contributed by atoms with Crippen LogP contribution >= 0.6 is 11.3 Å². The van der Waals surface area contributed by atoms with Crippen LogP contribution < -0.4 is 15.5 Å². The fourth-order valence-electron chi connectivity index (χ4n) is 1.88. The first-order chi connectivity index (χ1) is 10.1. The predicted octanol–water partition coefficient (Wildman–Crippen LogP) is 3.10. The maximum absolute atomic E-state index is 11.7. The van der Waals surface area contributed by atoms with Gasteiger partial charge in [-0.15, -0.1) is 11.3 Å². The maximum atomic E-state index is 11.7. The van der Waals surface area contributed by atoms with Gasteiger partial charge in [-0.3, -0.25) is 5.32 Å². The molecule has 1 heterocycles. The minimum Gasteiger partial charge on any atom is -0.375 e. The first-order valence-electron chi connectivity index (χ1n) is 6.88. The lowest BCUT2D eigenvalue weighted by molar-refractivity contribution is 0.252. The summed E-state index contributed by atoms with van der Waals surface area (Å²) in [6.45, 7) is 3.48. The SMILES string of the molecule is Cc1cnc(NC(=O)NCCCN(C)c2ccccc2)s1. The molecule has 2 amide bonds. The summed E-state index contributed by atoms with van der Waals surface area (Å²) in [4.78, 5) is 19.0. The molecule has 2 aromatic rings. The Bertz CT molecular complexity index is 570. The van der Waals surface area contributed by atoms with E-state index in [2.05, 4.69) is 32.7 Å². The predicted molar refractivity (Wildman–Crippen MR) is 88.2 cm³/mol. The topological polar surface area (TPSA) is 57.3 Å². The van der Waals surface area contributed by atoms with E-state index in [4.69, 9.17) is 0 Å². The molecule has 6 heteroatoms. The number of amides is 2. The van der Waals surface area contributed by atoms with Gasteiger partial charge in [-0.1, -0.05) is 18.2 Å².